The lowest BCUT2D eigenvalue weighted by Crippen LogP contribution is -2.42. The Morgan fingerprint density at radius 3 is 2.64 bits per heavy atom. The number of hydrogen-bond acceptors (Lipinski definition) is 8. The van der Waals surface area contributed by atoms with Gasteiger partial charge in [0, 0.05) is 18.7 Å². The third-order valence-corrected chi connectivity index (χ3v) is 8.29. The summed E-state index contributed by atoms with van der Waals surface area (Å²) in [6.45, 7) is 5.20. The van der Waals surface area contributed by atoms with E-state index in [4.69, 9.17) is 0 Å². The summed E-state index contributed by atoms with van der Waals surface area (Å²) in [4.78, 5) is 12.7. The molecule has 0 aliphatic carbocycles. The summed E-state index contributed by atoms with van der Waals surface area (Å²) >= 11 is 2.86. The number of aromatic nitrogens is 2. The SMILES string of the molecule is CSc1nnc(NCC(=O)c2cccc(S(=O)(=O)N3CC(C)CC(C)C3)c2)s1. The third-order valence-electron chi connectivity index (χ3n) is 4.61. The lowest BCUT2D eigenvalue weighted by Gasteiger charge is -2.34. The lowest BCUT2D eigenvalue weighted by molar-refractivity contribution is 0.101. The fourth-order valence-corrected chi connectivity index (χ4v) is 6.29. The smallest absolute Gasteiger partial charge is 0.243 e. The molecule has 1 N–H and O–H groups in total. The van der Waals surface area contributed by atoms with Crippen LogP contribution < -0.4 is 5.32 Å². The minimum Gasteiger partial charge on any atom is -0.353 e. The van der Waals surface area contributed by atoms with Crippen LogP contribution in [0.4, 0.5) is 5.13 Å². The Hall–Kier alpha value is -1.49. The predicted molar refractivity (Wildman–Crippen MR) is 113 cm³/mol. The van der Waals surface area contributed by atoms with E-state index in [1.54, 1.807) is 22.5 Å². The van der Waals surface area contributed by atoms with Gasteiger partial charge in [0.2, 0.25) is 15.2 Å². The quantitative estimate of drug-likeness (QED) is 0.522. The van der Waals surface area contributed by atoms with Gasteiger partial charge in [-0.3, -0.25) is 4.79 Å². The molecule has 10 heteroatoms. The Morgan fingerprint density at radius 2 is 2.00 bits per heavy atom. The summed E-state index contributed by atoms with van der Waals surface area (Å²) in [5, 5.41) is 11.5. The molecule has 1 saturated heterocycles. The number of ketones is 1. The van der Waals surface area contributed by atoms with Gasteiger partial charge >= 0.3 is 0 Å². The van der Waals surface area contributed by atoms with Gasteiger partial charge in [-0.15, -0.1) is 10.2 Å². The fourth-order valence-electron chi connectivity index (χ4n) is 3.40. The average Bonchev–Trinajstić information content (AvgIpc) is 3.13. The highest BCUT2D eigenvalue weighted by Crippen LogP contribution is 2.27. The van der Waals surface area contributed by atoms with Gasteiger partial charge in [-0.1, -0.05) is 49.1 Å². The van der Waals surface area contributed by atoms with Crippen LogP contribution in [0.2, 0.25) is 0 Å². The molecule has 0 bridgehead atoms. The minimum atomic E-state index is -3.61. The number of sulfonamides is 1. The number of nitrogens with zero attached hydrogens (tertiary/aromatic N) is 3. The van der Waals surface area contributed by atoms with E-state index in [-0.39, 0.29) is 17.2 Å². The number of benzene rings is 1. The Labute approximate surface area is 174 Å². The first-order valence-electron chi connectivity index (χ1n) is 9.04. The summed E-state index contributed by atoms with van der Waals surface area (Å²) in [6, 6.07) is 6.28. The zero-order valence-corrected chi connectivity index (χ0v) is 18.5. The van der Waals surface area contributed by atoms with Crippen LogP contribution in [0.5, 0.6) is 0 Å². The molecule has 2 aromatic rings. The highest BCUT2D eigenvalue weighted by Gasteiger charge is 2.31. The van der Waals surface area contributed by atoms with Gasteiger partial charge in [0.25, 0.3) is 0 Å². The fraction of sp³-hybridized carbons (Fsp3) is 0.500. The summed E-state index contributed by atoms with van der Waals surface area (Å²) in [6.07, 6.45) is 2.94. The van der Waals surface area contributed by atoms with Gasteiger partial charge in [0.05, 0.1) is 11.4 Å². The topological polar surface area (TPSA) is 92.3 Å². The summed E-state index contributed by atoms with van der Waals surface area (Å²) in [7, 11) is -3.61. The molecular weight excluding hydrogens is 416 g/mol. The van der Waals surface area contributed by atoms with Gasteiger partial charge in [-0.25, -0.2) is 8.42 Å². The van der Waals surface area contributed by atoms with Crippen molar-refractivity contribution in [3.8, 4) is 0 Å². The minimum absolute atomic E-state index is 0.0320. The van der Waals surface area contributed by atoms with Crippen molar-refractivity contribution >= 4 is 44.0 Å². The van der Waals surface area contributed by atoms with Gasteiger partial charge in [-0.05, 0) is 36.6 Å². The van der Waals surface area contributed by atoms with Crippen LogP contribution in [-0.2, 0) is 10.0 Å². The molecule has 2 atom stereocenters. The van der Waals surface area contributed by atoms with Crippen LogP contribution in [-0.4, -0.2) is 54.6 Å². The molecule has 1 aliphatic rings. The second-order valence-electron chi connectivity index (χ2n) is 7.15. The van der Waals surface area contributed by atoms with Crippen molar-refractivity contribution in [3.63, 3.8) is 0 Å². The van der Waals surface area contributed by atoms with Crippen molar-refractivity contribution < 1.29 is 13.2 Å². The number of carbonyl (C=O) groups excluding carboxylic acids is 1. The summed E-state index contributed by atoms with van der Waals surface area (Å²) < 4.78 is 28.5. The number of Topliss-reactive ketones (excluding diaryl/α,β-unsaturated/α-hetero) is 1. The standard InChI is InChI=1S/C18H24N4O3S3/c1-12-7-13(2)11-22(10-12)28(24,25)15-6-4-5-14(8-15)16(23)9-19-17-20-21-18(26-3)27-17/h4-6,8,12-13H,7,9-11H2,1-3H3,(H,19,20). The van der Waals surface area contributed by atoms with Crippen molar-refractivity contribution in [2.45, 2.75) is 29.5 Å². The van der Waals surface area contributed by atoms with Crippen molar-refractivity contribution in [2.75, 3.05) is 31.2 Å². The molecule has 28 heavy (non-hydrogen) atoms. The molecule has 2 heterocycles. The van der Waals surface area contributed by atoms with Crippen LogP contribution in [0.3, 0.4) is 0 Å². The van der Waals surface area contributed by atoms with Crippen molar-refractivity contribution in [3.05, 3.63) is 29.8 Å². The molecule has 1 aromatic carbocycles. The molecular formula is C18H24N4O3S3. The maximum absolute atomic E-state index is 13.0. The van der Waals surface area contributed by atoms with E-state index in [1.165, 1.54) is 29.2 Å². The molecule has 7 nitrogen and oxygen atoms in total. The second kappa shape index (κ2) is 8.89. The number of rotatable bonds is 7. The van der Waals surface area contributed by atoms with E-state index in [0.717, 1.165) is 10.8 Å². The Bertz CT molecular complexity index is 935. The van der Waals surface area contributed by atoms with E-state index in [9.17, 15) is 13.2 Å². The molecule has 1 aliphatic heterocycles. The Morgan fingerprint density at radius 1 is 1.29 bits per heavy atom. The third kappa shape index (κ3) is 4.91. The normalized spacial score (nSPS) is 20.8. The van der Waals surface area contributed by atoms with Crippen molar-refractivity contribution in [1.29, 1.82) is 0 Å². The number of nitrogens with one attached hydrogen (secondary N) is 1. The number of piperidine rings is 1. The lowest BCUT2D eigenvalue weighted by atomic mass is 9.94. The van der Waals surface area contributed by atoms with E-state index >= 15 is 0 Å². The highest BCUT2D eigenvalue weighted by molar-refractivity contribution is 8.00. The average molecular weight is 441 g/mol. The molecule has 1 aromatic heterocycles. The molecule has 3 rings (SSSR count). The molecule has 1 fully saturated rings. The van der Waals surface area contributed by atoms with Crippen LogP contribution in [0.1, 0.15) is 30.6 Å². The molecule has 0 radical (unpaired) electrons. The van der Waals surface area contributed by atoms with Gasteiger partial charge in [0.15, 0.2) is 10.1 Å². The predicted octanol–water partition coefficient (Wildman–Crippen LogP) is 3.22. The molecule has 0 saturated carbocycles. The first-order valence-corrected chi connectivity index (χ1v) is 12.5. The van der Waals surface area contributed by atoms with E-state index in [0.29, 0.717) is 35.6 Å². The van der Waals surface area contributed by atoms with Crippen LogP contribution in [0.25, 0.3) is 0 Å². The van der Waals surface area contributed by atoms with E-state index in [2.05, 4.69) is 29.4 Å². The largest absolute Gasteiger partial charge is 0.353 e. The van der Waals surface area contributed by atoms with Crippen molar-refractivity contribution in [1.82, 2.24) is 14.5 Å². The summed E-state index contributed by atoms with van der Waals surface area (Å²) in [5.41, 5.74) is 0.362. The van der Waals surface area contributed by atoms with Crippen LogP contribution >= 0.6 is 23.1 Å². The van der Waals surface area contributed by atoms with Crippen LogP contribution in [0, 0.1) is 11.8 Å². The van der Waals surface area contributed by atoms with Gasteiger partial charge < -0.3 is 5.32 Å². The number of thioether (sulfide) groups is 1. The number of carbonyl (C=O) groups is 1. The van der Waals surface area contributed by atoms with Crippen LogP contribution in [0.15, 0.2) is 33.5 Å². The molecule has 0 spiro atoms. The van der Waals surface area contributed by atoms with Crippen molar-refractivity contribution in [2.24, 2.45) is 11.8 Å². The maximum atomic E-state index is 13.0. The van der Waals surface area contributed by atoms with E-state index < -0.39 is 10.0 Å². The summed E-state index contributed by atoms with van der Waals surface area (Å²) in [5.74, 6) is 0.453. The highest BCUT2D eigenvalue weighted by atomic mass is 32.2. The Kier molecular flexibility index (Phi) is 6.74. The zero-order valence-electron chi connectivity index (χ0n) is 16.1. The first kappa shape index (κ1) is 21.2. The monoisotopic (exact) mass is 440 g/mol. The van der Waals surface area contributed by atoms with Gasteiger partial charge in [-0.2, -0.15) is 4.31 Å². The Balaban J connectivity index is 1.72. The zero-order chi connectivity index (χ0) is 20.3. The maximum Gasteiger partial charge on any atom is 0.243 e. The van der Waals surface area contributed by atoms with E-state index in [1.807, 2.05) is 6.26 Å². The first-order chi connectivity index (χ1) is 13.3. The molecule has 2 unspecified atom stereocenters. The molecule has 152 valence electrons. The number of hydrogen-bond donors (Lipinski definition) is 1. The second-order valence-corrected chi connectivity index (χ2v) is 11.1. The number of anilines is 1. The molecule has 0 amide bonds. The van der Waals surface area contributed by atoms with Gasteiger partial charge in [0.1, 0.15) is 0 Å².